The Morgan fingerprint density at radius 2 is 2.70 bits per heavy atom. The van der Waals surface area contributed by atoms with Crippen molar-refractivity contribution in [3.8, 4) is 5.88 Å². The maximum Gasteiger partial charge on any atom is 0.211 e. The van der Waals surface area contributed by atoms with Crippen molar-refractivity contribution < 1.29 is 4.74 Å². The second-order valence-electron chi connectivity index (χ2n) is 2.26. The van der Waals surface area contributed by atoms with E-state index in [9.17, 15) is 0 Å². The quantitative estimate of drug-likeness (QED) is 0.525. The normalized spacial score (nSPS) is 23.5. The van der Waals surface area contributed by atoms with Crippen LogP contribution in [0.2, 0.25) is 0 Å². The summed E-state index contributed by atoms with van der Waals surface area (Å²) >= 11 is 5.82. The summed E-state index contributed by atoms with van der Waals surface area (Å²) in [7, 11) is 0. The zero-order valence-electron chi connectivity index (χ0n) is 5.33. The summed E-state index contributed by atoms with van der Waals surface area (Å²) < 4.78 is 7.01. The molecule has 1 aromatic heterocycles. The monoisotopic (exact) mass is 158 g/mol. The molecule has 1 aromatic rings. The lowest BCUT2D eigenvalue weighted by molar-refractivity contribution is 0.234. The van der Waals surface area contributed by atoms with Gasteiger partial charge in [0.25, 0.3) is 0 Å². The first-order valence-electron chi connectivity index (χ1n) is 3.15. The highest BCUT2D eigenvalue weighted by atomic mass is 35.5. The lowest BCUT2D eigenvalue weighted by Gasteiger charge is -2.18. The molecule has 0 aliphatic carbocycles. The van der Waals surface area contributed by atoms with Crippen LogP contribution in [0.25, 0.3) is 0 Å². The van der Waals surface area contributed by atoms with Gasteiger partial charge < -0.3 is 4.74 Å². The van der Waals surface area contributed by atoms with E-state index in [0.29, 0.717) is 6.61 Å². The van der Waals surface area contributed by atoms with Crippen LogP contribution in [-0.4, -0.2) is 21.8 Å². The molecule has 1 aliphatic heterocycles. The molecular weight excluding hydrogens is 152 g/mol. The maximum absolute atomic E-state index is 5.82. The molecule has 0 spiro atoms. The number of aromatic nitrogens is 2. The fourth-order valence-corrected chi connectivity index (χ4v) is 1.19. The average Bonchev–Trinajstić information content (AvgIpc) is 2.33. The topological polar surface area (TPSA) is 27.1 Å². The van der Waals surface area contributed by atoms with Gasteiger partial charge >= 0.3 is 0 Å². The Balaban J connectivity index is 2.30. The molecule has 1 aliphatic rings. The van der Waals surface area contributed by atoms with Gasteiger partial charge in [0.2, 0.25) is 5.88 Å². The molecule has 54 valence electrons. The van der Waals surface area contributed by atoms with E-state index in [1.54, 1.807) is 10.9 Å². The van der Waals surface area contributed by atoms with Crippen molar-refractivity contribution in [1.29, 1.82) is 0 Å². The van der Waals surface area contributed by atoms with Crippen molar-refractivity contribution in [1.82, 2.24) is 9.78 Å². The fraction of sp³-hybridized carbons (Fsp3) is 0.500. The molecule has 4 heteroatoms. The number of nitrogens with zero attached hydrogens (tertiary/aromatic N) is 2. The predicted octanol–water partition coefficient (Wildman–Crippen LogP) is 0.883. The molecule has 3 nitrogen and oxygen atoms in total. The Hall–Kier alpha value is -0.700. The Morgan fingerprint density at radius 1 is 1.80 bits per heavy atom. The molecule has 0 saturated heterocycles. The van der Waals surface area contributed by atoms with Crippen LogP contribution < -0.4 is 4.74 Å². The third-order valence-corrected chi connectivity index (χ3v) is 1.72. The molecule has 10 heavy (non-hydrogen) atoms. The SMILES string of the molecule is Cl[C@@H]1COc2ccnn2C1. The molecular formula is C6H7ClN2O. The molecule has 0 unspecified atom stereocenters. The third kappa shape index (κ3) is 0.865. The zero-order valence-corrected chi connectivity index (χ0v) is 6.08. The van der Waals surface area contributed by atoms with E-state index in [4.69, 9.17) is 16.3 Å². The van der Waals surface area contributed by atoms with E-state index in [-0.39, 0.29) is 5.38 Å². The van der Waals surface area contributed by atoms with Gasteiger partial charge in [-0.05, 0) is 0 Å². The van der Waals surface area contributed by atoms with Gasteiger partial charge in [0.1, 0.15) is 6.61 Å². The summed E-state index contributed by atoms with van der Waals surface area (Å²) in [4.78, 5) is 0. The summed E-state index contributed by atoms with van der Waals surface area (Å²) in [6.07, 6.45) is 1.71. The number of hydrogen-bond donors (Lipinski definition) is 0. The van der Waals surface area contributed by atoms with Crippen LogP contribution in [0.3, 0.4) is 0 Å². The van der Waals surface area contributed by atoms with Gasteiger partial charge in [0, 0.05) is 6.07 Å². The molecule has 0 bridgehead atoms. The fourth-order valence-electron chi connectivity index (χ4n) is 0.996. The second-order valence-corrected chi connectivity index (χ2v) is 2.88. The number of alkyl halides is 1. The minimum atomic E-state index is 0.0624. The molecule has 0 fully saturated rings. The summed E-state index contributed by atoms with van der Waals surface area (Å²) in [6, 6.07) is 1.84. The third-order valence-electron chi connectivity index (χ3n) is 1.46. The summed E-state index contributed by atoms with van der Waals surface area (Å²) in [6.45, 7) is 1.34. The van der Waals surface area contributed by atoms with E-state index in [0.717, 1.165) is 12.4 Å². The van der Waals surface area contributed by atoms with Crippen molar-refractivity contribution in [3.63, 3.8) is 0 Å². The Bertz CT molecular complexity index is 235. The van der Waals surface area contributed by atoms with Crippen molar-refractivity contribution in [3.05, 3.63) is 12.3 Å². The summed E-state index contributed by atoms with van der Waals surface area (Å²) in [5.74, 6) is 0.817. The Labute approximate surface area is 63.5 Å². The maximum atomic E-state index is 5.82. The van der Waals surface area contributed by atoms with Crippen molar-refractivity contribution in [2.45, 2.75) is 11.9 Å². The highest BCUT2D eigenvalue weighted by molar-refractivity contribution is 6.20. The molecule has 0 N–H and O–H groups in total. The Morgan fingerprint density at radius 3 is 3.60 bits per heavy atom. The van der Waals surface area contributed by atoms with Gasteiger partial charge in [-0.3, -0.25) is 0 Å². The lowest BCUT2D eigenvalue weighted by Crippen LogP contribution is -2.25. The number of hydrogen-bond acceptors (Lipinski definition) is 2. The van der Waals surface area contributed by atoms with E-state index < -0.39 is 0 Å². The molecule has 0 saturated carbocycles. The van der Waals surface area contributed by atoms with Crippen LogP contribution in [0.5, 0.6) is 5.88 Å². The molecule has 0 aromatic carbocycles. The van der Waals surface area contributed by atoms with Crippen molar-refractivity contribution >= 4 is 11.6 Å². The van der Waals surface area contributed by atoms with Gasteiger partial charge in [0.15, 0.2) is 0 Å². The summed E-state index contributed by atoms with van der Waals surface area (Å²) in [5, 5.41) is 4.08. The minimum Gasteiger partial charge on any atom is -0.476 e. The van der Waals surface area contributed by atoms with Gasteiger partial charge in [0.05, 0.1) is 18.1 Å². The van der Waals surface area contributed by atoms with Crippen LogP contribution >= 0.6 is 11.6 Å². The number of fused-ring (bicyclic) bond motifs is 1. The summed E-state index contributed by atoms with van der Waals surface area (Å²) in [5.41, 5.74) is 0. The van der Waals surface area contributed by atoms with Crippen molar-refractivity contribution in [2.24, 2.45) is 0 Å². The Kier molecular flexibility index (Phi) is 1.31. The van der Waals surface area contributed by atoms with Crippen LogP contribution in [0.4, 0.5) is 0 Å². The van der Waals surface area contributed by atoms with Crippen LogP contribution in [0, 0.1) is 0 Å². The highest BCUT2D eigenvalue weighted by Gasteiger charge is 2.16. The van der Waals surface area contributed by atoms with E-state index in [1.807, 2.05) is 6.07 Å². The molecule has 2 rings (SSSR count). The number of ether oxygens (including phenoxy) is 1. The predicted molar refractivity (Wildman–Crippen MR) is 37.4 cm³/mol. The molecule has 0 radical (unpaired) electrons. The first kappa shape index (κ1) is 6.04. The number of rotatable bonds is 0. The first-order chi connectivity index (χ1) is 4.86. The molecule has 0 amide bonds. The number of halogens is 1. The van der Waals surface area contributed by atoms with E-state index >= 15 is 0 Å². The van der Waals surface area contributed by atoms with Gasteiger partial charge in [-0.1, -0.05) is 0 Å². The molecule has 1 atom stereocenters. The largest absolute Gasteiger partial charge is 0.476 e. The van der Waals surface area contributed by atoms with Crippen molar-refractivity contribution in [2.75, 3.05) is 6.61 Å². The first-order valence-corrected chi connectivity index (χ1v) is 3.58. The zero-order chi connectivity index (χ0) is 6.97. The van der Waals surface area contributed by atoms with Gasteiger partial charge in [-0.15, -0.1) is 11.6 Å². The lowest BCUT2D eigenvalue weighted by atomic mass is 10.4. The van der Waals surface area contributed by atoms with E-state index in [1.165, 1.54) is 0 Å². The van der Waals surface area contributed by atoms with Crippen LogP contribution in [0.15, 0.2) is 12.3 Å². The smallest absolute Gasteiger partial charge is 0.211 e. The average molecular weight is 159 g/mol. The van der Waals surface area contributed by atoms with Gasteiger partial charge in [-0.2, -0.15) is 5.10 Å². The van der Waals surface area contributed by atoms with Gasteiger partial charge in [-0.25, -0.2) is 4.68 Å². The molecule has 2 heterocycles. The minimum absolute atomic E-state index is 0.0624. The van der Waals surface area contributed by atoms with E-state index in [2.05, 4.69) is 5.10 Å². The highest BCUT2D eigenvalue weighted by Crippen LogP contribution is 2.17. The standard InChI is InChI=1S/C6H7ClN2O/c7-5-3-9-6(10-4-5)1-2-8-9/h1-2,5H,3-4H2/t5-/m0/s1. The second kappa shape index (κ2) is 2.16. The van der Waals surface area contributed by atoms with Crippen LogP contribution in [0.1, 0.15) is 0 Å². The van der Waals surface area contributed by atoms with Crippen LogP contribution in [-0.2, 0) is 6.54 Å².